The van der Waals surface area contributed by atoms with Gasteiger partial charge in [0.25, 0.3) is 5.91 Å². The number of hydrogen-bond acceptors (Lipinski definition) is 5. The van der Waals surface area contributed by atoms with Gasteiger partial charge in [-0.2, -0.15) is 0 Å². The summed E-state index contributed by atoms with van der Waals surface area (Å²) in [6.07, 6.45) is -1.07. The molecule has 7 heteroatoms. The van der Waals surface area contributed by atoms with Crippen LogP contribution in [-0.4, -0.2) is 30.5 Å². The SMILES string of the molecule is CCOC(=O)c1cccc(NC(=O)CC2Oc3ccc(C)cc3NC2=O)c1. The van der Waals surface area contributed by atoms with E-state index in [0.717, 1.165) is 5.56 Å². The molecule has 2 aromatic carbocycles. The van der Waals surface area contributed by atoms with Gasteiger partial charge in [0.05, 0.1) is 24.3 Å². The molecule has 7 nitrogen and oxygen atoms in total. The van der Waals surface area contributed by atoms with Crippen LogP contribution in [0.4, 0.5) is 11.4 Å². The van der Waals surface area contributed by atoms with E-state index in [0.29, 0.717) is 22.7 Å². The Morgan fingerprint density at radius 3 is 2.81 bits per heavy atom. The summed E-state index contributed by atoms with van der Waals surface area (Å²) >= 11 is 0. The Balaban J connectivity index is 1.64. The highest BCUT2D eigenvalue weighted by molar-refractivity contribution is 6.02. The maximum Gasteiger partial charge on any atom is 0.338 e. The first-order valence-corrected chi connectivity index (χ1v) is 8.61. The Kier molecular flexibility index (Phi) is 5.40. The molecule has 2 amide bonds. The van der Waals surface area contributed by atoms with Gasteiger partial charge in [0.1, 0.15) is 5.75 Å². The van der Waals surface area contributed by atoms with Gasteiger partial charge in [-0.1, -0.05) is 12.1 Å². The molecule has 140 valence electrons. The fourth-order valence-corrected chi connectivity index (χ4v) is 2.72. The predicted molar refractivity (Wildman–Crippen MR) is 99.9 cm³/mol. The second-order valence-corrected chi connectivity index (χ2v) is 6.15. The second kappa shape index (κ2) is 7.90. The number of carbonyl (C=O) groups excluding carboxylic acids is 3. The summed E-state index contributed by atoms with van der Waals surface area (Å²) in [5.74, 6) is -0.701. The molecule has 1 aliphatic rings. The van der Waals surface area contributed by atoms with Crippen molar-refractivity contribution in [3.8, 4) is 5.75 Å². The minimum absolute atomic E-state index is 0.150. The van der Waals surface area contributed by atoms with Crippen LogP contribution in [0, 0.1) is 6.92 Å². The molecule has 0 bridgehead atoms. The average molecular weight is 368 g/mol. The highest BCUT2D eigenvalue weighted by Gasteiger charge is 2.29. The van der Waals surface area contributed by atoms with Crippen molar-refractivity contribution >= 4 is 29.2 Å². The quantitative estimate of drug-likeness (QED) is 0.792. The minimum Gasteiger partial charge on any atom is -0.478 e. The second-order valence-electron chi connectivity index (χ2n) is 6.15. The molecule has 0 aromatic heterocycles. The zero-order chi connectivity index (χ0) is 19.4. The third kappa shape index (κ3) is 4.44. The number of aryl methyl sites for hydroxylation is 1. The van der Waals surface area contributed by atoms with E-state index in [9.17, 15) is 14.4 Å². The maximum atomic E-state index is 12.3. The lowest BCUT2D eigenvalue weighted by Crippen LogP contribution is -2.39. The lowest BCUT2D eigenvalue weighted by atomic mass is 10.1. The van der Waals surface area contributed by atoms with Crippen molar-refractivity contribution in [2.24, 2.45) is 0 Å². The van der Waals surface area contributed by atoms with Crippen LogP contribution in [0.2, 0.25) is 0 Å². The van der Waals surface area contributed by atoms with E-state index in [1.807, 2.05) is 19.1 Å². The summed E-state index contributed by atoms with van der Waals surface area (Å²) in [5, 5.41) is 5.43. The van der Waals surface area contributed by atoms with Crippen molar-refractivity contribution < 1.29 is 23.9 Å². The summed E-state index contributed by atoms with van der Waals surface area (Å²) in [6.45, 7) is 3.90. The monoisotopic (exact) mass is 368 g/mol. The van der Waals surface area contributed by atoms with Crippen LogP contribution < -0.4 is 15.4 Å². The Bertz CT molecular complexity index is 894. The Morgan fingerprint density at radius 1 is 1.22 bits per heavy atom. The highest BCUT2D eigenvalue weighted by atomic mass is 16.5. The average Bonchev–Trinajstić information content (AvgIpc) is 2.63. The van der Waals surface area contributed by atoms with Gasteiger partial charge in [0, 0.05) is 5.69 Å². The Labute approximate surface area is 156 Å². The van der Waals surface area contributed by atoms with Gasteiger partial charge in [0.2, 0.25) is 5.91 Å². The summed E-state index contributed by atoms with van der Waals surface area (Å²) in [5.41, 5.74) is 2.37. The van der Waals surface area contributed by atoms with E-state index < -0.39 is 18.0 Å². The number of anilines is 2. The van der Waals surface area contributed by atoms with Crippen molar-refractivity contribution in [2.75, 3.05) is 17.2 Å². The lowest BCUT2D eigenvalue weighted by Gasteiger charge is -2.25. The van der Waals surface area contributed by atoms with Crippen LogP contribution in [0.5, 0.6) is 5.75 Å². The molecule has 0 radical (unpaired) electrons. The van der Waals surface area contributed by atoms with E-state index in [1.54, 1.807) is 31.2 Å². The first-order chi connectivity index (χ1) is 13.0. The van der Waals surface area contributed by atoms with Gasteiger partial charge >= 0.3 is 5.97 Å². The summed E-state index contributed by atoms with van der Waals surface area (Å²) in [7, 11) is 0. The van der Waals surface area contributed by atoms with Gasteiger partial charge in [0.15, 0.2) is 6.10 Å². The fraction of sp³-hybridized carbons (Fsp3) is 0.250. The molecule has 1 unspecified atom stereocenters. The van der Waals surface area contributed by atoms with Crippen molar-refractivity contribution in [3.63, 3.8) is 0 Å². The van der Waals surface area contributed by atoms with E-state index in [1.165, 1.54) is 6.07 Å². The number of hydrogen-bond donors (Lipinski definition) is 2. The molecule has 2 N–H and O–H groups in total. The summed E-state index contributed by atoms with van der Waals surface area (Å²) in [6, 6.07) is 11.9. The van der Waals surface area contributed by atoms with Crippen LogP contribution >= 0.6 is 0 Å². The van der Waals surface area contributed by atoms with Crippen LogP contribution in [0.15, 0.2) is 42.5 Å². The van der Waals surface area contributed by atoms with Crippen LogP contribution in [0.3, 0.4) is 0 Å². The van der Waals surface area contributed by atoms with E-state index >= 15 is 0 Å². The number of esters is 1. The molecule has 3 rings (SSSR count). The topological polar surface area (TPSA) is 93.7 Å². The van der Waals surface area contributed by atoms with Gasteiger partial charge in [-0.05, 0) is 49.7 Å². The van der Waals surface area contributed by atoms with Crippen molar-refractivity contribution in [2.45, 2.75) is 26.4 Å². The zero-order valence-corrected chi connectivity index (χ0v) is 15.1. The fourth-order valence-electron chi connectivity index (χ4n) is 2.72. The molecular formula is C20H20N2O5. The van der Waals surface area contributed by atoms with E-state index in [-0.39, 0.29) is 18.9 Å². The zero-order valence-electron chi connectivity index (χ0n) is 15.1. The Hall–Kier alpha value is -3.35. The highest BCUT2D eigenvalue weighted by Crippen LogP contribution is 2.31. The number of ether oxygens (including phenoxy) is 2. The van der Waals surface area contributed by atoms with Crippen molar-refractivity contribution in [1.82, 2.24) is 0 Å². The third-order valence-corrected chi connectivity index (χ3v) is 3.98. The molecule has 1 atom stereocenters. The number of benzene rings is 2. The van der Waals surface area contributed by atoms with Gasteiger partial charge < -0.3 is 20.1 Å². The first-order valence-electron chi connectivity index (χ1n) is 8.61. The molecule has 0 saturated carbocycles. The van der Waals surface area contributed by atoms with Gasteiger partial charge in [-0.3, -0.25) is 9.59 Å². The summed E-state index contributed by atoms with van der Waals surface area (Å²) in [4.78, 5) is 36.3. The van der Waals surface area contributed by atoms with Crippen molar-refractivity contribution in [3.05, 3.63) is 53.6 Å². The van der Waals surface area contributed by atoms with E-state index in [2.05, 4.69) is 10.6 Å². The molecule has 1 aliphatic heterocycles. The number of rotatable bonds is 5. The molecule has 0 spiro atoms. The molecular weight excluding hydrogens is 348 g/mol. The largest absolute Gasteiger partial charge is 0.478 e. The molecule has 0 aliphatic carbocycles. The smallest absolute Gasteiger partial charge is 0.338 e. The minimum atomic E-state index is -0.923. The molecule has 0 saturated heterocycles. The van der Waals surface area contributed by atoms with Crippen LogP contribution in [0.1, 0.15) is 29.3 Å². The predicted octanol–water partition coefficient (Wildman–Crippen LogP) is 2.90. The first kappa shape index (κ1) is 18.4. The van der Waals surface area contributed by atoms with Crippen LogP contribution in [0.25, 0.3) is 0 Å². The third-order valence-electron chi connectivity index (χ3n) is 3.98. The van der Waals surface area contributed by atoms with Gasteiger partial charge in [-0.25, -0.2) is 4.79 Å². The summed E-state index contributed by atoms with van der Waals surface area (Å²) < 4.78 is 10.6. The normalized spacial score (nSPS) is 15.2. The van der Waals surface area contributed by atoms with Crippen molar-refractivity contribution in [1.29, 1.82) is 0 Å². The molecule has 27 heavy (non-hydrogen) atoms. The number of nitrogens with one attached hydrogen (secondary N) is 2. The maximum absolute atomic E-state index is 12.3. The van der Waals surface area contributed by atoms with E-state index in [4.69, 9.17) is 9.47 Å². The molecule has 2 aromatic rings. The molecule has 0 fully saturated rings. The molecule has 1 heterocycles. The number of fused-ring (bicyclic) bond motifs is 1. The number of carbonyl (C=O) groups is 3. The van der Waals surface area contributed by atoms with Gasteiger partial charge in [-0.15, -0.1) is 0 Å². The lowest BCUT2D eigenvalue weighted by molar-refractivity contribution is -0.128. The Morgan fingerprint density at radius 2 is 2.04 bits per heavy atom. The van der Waals surface area contributed by atoms with Crippen LogP contribution in [-0.2, 0) is 14.3 Å². The standard InChI is InChI=1S/C20H20N2O5/c1-3-26-20(25)13-5-4-6-14(10-13)21-18(23)11-17-19(24)22-15-9-12(2)7-8-16(15)27-17/h4-10,17H,3,11H2,1-2H3,(H,21,23)(H,22,24). The number of amides is 2.